The summed E-state index contributed by atoms with van der Waals surface area (Å²) in [5.74, 6) is -0.0787. The van der Waals surface area contributed by atoms with Gasteiger partial charge >= 0.3 is 5.97 Å². The maximum atomic E-state index is 9.59. The molecule has 0 unspecified atom stereocenters. The maximum Gasteiger partial charge on any atom is 0.302 e. The Morgan fingerprint density at radius 3 is 0.938 bits per heavy atom. The Kier molecular flexibility index (Phi) is 66.1. The summed E-state index contributed by atoms with van der Waals surface area (Å²) in [7, 11) is 1.35. The molecule has 0 atom stereocenters. The smallest absolute Gasteiger partial charge is 0.302 e. The molecule has 0 aromatic rings. The van der Waals surface area contributed by atoms with E-state index in [1.165, 1.54) is 27.9 Å². The highest BCUT2D eigenvalue weighted by Gasteiger charge is 1.75. The van der Waals surface area contributed by atoms with Gasteiger partial charge in [0.15, 0.2) is 0 Å². The first kappa shape index (κ1) is 36.2. The van der Waals surface area contributed by atoms with Crippen molar-refractivity contribution in [2.24, 2.45) is 0 Å². The largest absolute Gasteiger partial charge is 0.469 e. The average molecular weight is 254 g/mol. The lowest BCUT2D eigenvalue weighted by Gasteiger charge is -1.80. The van der Waals surface area contributed by atoms with Gasteiger partial charge in [0, 0.05) is 6.92 Å². The Morgan fingerprint density at radius 2 is 0.938 bits per heavy atom. The van der Waals surface area contributed by atoms with Crippen LogP contribution in [0, 0.1) is 0 Å². The van der Waals surface area contributed by atoms with Crippen molar-refractivity contribution in [2.45, 2.75) is 56.9 Å². The van der Waals surface area contributed by atoms with Crippen LogP contribution >= 0.6 is 12.2 Å². The van der Waals surface area contributed by atoms with E-state index in [2.05, 4.69) is 17.0 Å². The molecule has 0 saturated carbocycles. The molecule has 0 N–H and O–H groups in total. The number of hydrogen-bond donors (Lipinski definition) is 0. The van der Waals surface area contributed by atoms with E-state index in [0.29, 0.717) is 0 Å². The summed E-state index contributed by atoms with van der Waals surface area (Å²) in [6, 6.07) is 0. The Labute approximate surface area is 108 Å². The highest BCUT2D eigenvalue weighted by atomic mass is 32.1. The van der Waals surface area contributed by atoms with Crippen molar-refractivity contribution < 1.29 is 14.3 Å². The van der Waals surface area contributed by atoms with Crippen molar-refractivity contribution in [3.8, 4) is 0 Å². The van der Waals surface area contributed by atoms with Crippen LogP contribution in [0.4, 0.5) is 0 Å². The number of carbonyl (C=O) groups excluding carboxylic acids is 2. The molecule has 0 heterocycles. The molecular formula is C12H30O3S. The van der Waals surface area contributed by atoms with Gasteiger partial charge in [0.05, 0.1) is 7.11 Å². The number of ether oxygens (including phenoxy) is 1. The molecule has 0 aliphatic carbocycles. The molecule has 102 valence electrons. The quantitative estimate of drug-likeness (QED) is 0.482. The van der Waals surface area contributed by atoms with E-state index in [0.717, 1.165) is 4.86 Å². The zero-order valence-electron chi connectivity index (χ0n) is 9.13. The Morgan fingerprint density at radius 1 is 0.875 bits per heavy atom. The van der Waals surface area contributed by atoms with E-state index in [1.807, 2.05) is 13.8 Å². The first-order chi connectivity index (χ1) is 5.73. The van der Waals surface area contributed by atoms with Crippen molar-refractivity contribution in [3.05, 3.63) is 0 Å². The third-order valence-corrected chi connectivity index (χ3v) is 0.287. The third-order valence-electron chi connectivity index (χ3n) is 0.287. The second kappa shape index (κ2) is 29.2. The number of thiocarbonyl (C=S) groups is 1. The summed E-state index contributed by atoms with van der Waals surface area (Å²) in [6.07, 6.45) is 0. The van der Waals surface area contributed by atoms with Gasteiger partial charge in [0.1, 0.15) is 5.78 Å². The van der Waals surface area contributed by atoms with Gasteiger partial charge in [-0.2, -0.15) is 0 Å². The predicted octanol–water partition coefficient (Wildman–Crippen LogP) is 4.08. The molecule has 0 aliphatic rings. The SMILES string of the molecule is C.C.C.CC(C)=O.CC(C)=S.COC(C)=O. The van der Waals surface area contributed by atoms with E-state index in [4.69, 9.17) is 0 Å². The van der Waals surface area contributed by atoms with Crippen LogP contribution < -0.4 is 0 Å². The lowest BCUT2D eigenvalue weighted by atomic mass is 10.6. The molecule has 0 aliphatic heterocycles. The predicted molar refractivity (Wildman–Crippen MR) is 78.2 cm³/mol. The van der Waals surface area contributed by atoms with Crippen LogP contribution in [0.3, 0.4) is 0 Å². The van der Waals surface area contributed by atoms with Gasteiger partial charge in [-0.3, -0.25) is 4.79 Å². The van der Waals surface area contributed by atoms with Gasteiger partial charge in [0.2, 0.25) is 0 Å². The van der Waals surface area contributed by atoms with Crippen LogP contribution in [0.2, 0.25) is 0 Å². The summed E-state index contributed by atoms with van der Waals surface area (Å²) in [5.41, 5.74) is 0. The van der Waals surface area contributed by atoms with E-state index < -0.39 is 0 Å². The van der Waals surface area contributed by atoms with Gasteiger partial charge in [-0.15, -0.1) is 0 Å². The minimum atomic E-state index is -0.245. The van der Waals surface area contributed by atoms with Gasteiger partial charge in [0.25, 0.3) is 0 Å². The highest BCUT2D eigenvalue weighted by Crippen LogP contribution is 1.61. The minimum absolute atomic E-state index is 0. The molecule has 0 saturated heterocycles. The topological polar surface area (TPSA) is 43.4 Å². The van der Waals surface area contributed by atoms with Crippen molar-refractivity contribution >= 4 is 28.8 Å². The van der Waals surface area contributed by atoms with Crippen LogP contribution in [0.25, 0.3) is 0 Å². The van der Waals surface area contributed by atoms with Crippen LogP contribution in [0.1, 0.15) is 56.9 Å². The number of ketones is 1. The van der Waals surface area contributed by atoms with Crippen LogP contribution in [-0.2, 0) is 14.3 Å². The molecule has 3 nitrogen and oxygen atoms in total. The molecule has 0 spiro atoms. The lowest BCUT2D eigenvalue weighted by molar-refractivity contribution is -0.137. The van der Waals surface area contributed by atoms with Gasteiger partial charge < -0.3 is 9.53 Å². The number of carbonyl (C=O) groups is 2. The van der Waals surface area contributed by atoms with E-state index in [1.54, 1.807) is 0 Å². The molecule has 4 heteroatoms. The molecule has 0 amide bonds. The van der Waals surface area contributed by atoms with Crippen LogP contribution in [0.15, 0.2) is 0 Å². The monoisotopic (exact) mass is 254 g/mol. The molecule has 0 aromatic carbocycles. The van der Waals surface area contributed by atoms with Crippen molar-refractivity contribution in [3.63, 3.8) is 0 Å². The van der Waals surface area contributed by atoms with Gasteiger partial charge in [-0.1, -0.05) is 34.5 Å². The van der Waals surface area contributed by atoms with Crippen LogP contribution in [0.5, 0.6) is 0 Å². The highest BCUT2D eigenvalue weighted by molar-refractivity contribution is 7.80. The summed E-state index contributed by atoms with van der Waals surface area (Å²) >= 11 is 4.54. The summed E-state index contributed by atoms with van der Waals surface area (Å²) < 4.78 is 4.11. The Hall–Kier alpha value is -0.770. The minimum Gasteiger partial charge on any atom is -0.469 e. The molecule has 0 aromatic heterocycles. The zero-order valence-corrected chi connectivity index (χ0v) is 9.95. The van der Waals surface area contributed by atoms with Crippen molar-refractivity contribution in [1.29, 1.82) is 0 Å². The lowest BCUT2D eigenvalue weighted by Crippen LogP contribution is -1.88. The fourth-order valence-electron chi connectivity index (χ4n) is 0. The standard InChI is InChI=1S/C3H6O2.C3H6O.C3H6S.3CH4/c1-3(4)5-2;2*1-3(2)4;;;/h1-2H3;2*1-2H3;3*1H4. The first-order valence-corrected chi connectivity index (χ1v) is 4.13. The third kappa shape index (κ3) is 1310. The van der Waals surface area contributed by atoms with Crippen molar-refractivity contribution in [2.75, 3.05) is 7.11 Å². The van der Waals surface area contributed by atoms with Crippen LogP contribution in [-0.4, -0.2) is 23.7 Å². The molecule has 0 rings (SSSR count). The second-order valence-corrected chi connectivity index (χ2v) is 3.33. The summed E-state index contributed by atoms with van der Waals surface area (Å²) in [4.78, 5) is 20.0. The second-order valence-electron chi connectivity index (χ2n) is 2.51. The van der Waals surface area contributed by atoms with Crippen molar-refractivity contribution in [1.82, 2.24) is 0 Å². The number of Topliss-reactive ketones (excluding diaryl/α,β-unsaturated/α-hetero) is 1. The fourth-order valence-corrected chi connectivity index (χ4v) is 0. The Bertz CT molecular complexity index is 146. The molecule has 0 radical (unpaired) electrons. The zero-order chi connectivity index (χ0) is 11.4. The number of esters is 1. The number of rotatable bonds is 0. The van der Waals surface area contributed by atoms with Gasteiger partial charge in [-0.05, 0) is 32.6 Å². The number of methoxy groups -OCH3 is 1. The molecular weight excluding hydrogens is 224 g/mol. The average Bonchev–Trinajstić information content (AvgIpc) is 1.84. The normalized spacial score (nSPS) is 5.38. The number of hydrogen-bond acceptors (Lipinski definition) is 4. The summed E-state index contributed by atoms with van der Waals surface area (Å²) in [5, 5.41) is 0. The van der Waals surface area contributed by atoms with E-state index in [-0.39, 0.29) is 34.0 Å². The molecule has 16 heavy (non-hydrogen) atoms. The van der Waals surface area contributed by atoms with Gasteiger partial charge in [-0.25, -0.2) is 0 Å². The first-order valence-electron chi connectivity index (χ1n) is 3.72. The molecule has 0 fully saturated rings. The van der Waals surface area contributed by atoms with E-state index in [9.17, 15) is 9.59 Å². The Balaban J connectivity index is -0.0000000216. The fraction of sp³-hybridized carbons (Fsp3) is 0.750. The molecule has 0 bridgehead atoms. The maximum absolute atomic E-state index is 9.59. The van der Waals surface area contributed by atoms with E-state index >= 15 is 0 Å². The summed E-state index contributed by atoms with van der Waals surface area (Å²) in [6.45, 7) is 8.21.